The minimum absolute atomic E-state index is 0.245. The summed E-state index contributed by atoms with van der Waals surface area (Å²) < 4.78 is 7.27. The lowest BCUT2D eigenvalue weighted by Gasteiger charge is -2.09. The van der Waals surface area contributed by atoms with Crippen LogP contribution in [0.25, 0.3) is 0 Å². The van der Waals surface area contributed by atoms with Gasteiger partial charge in [-0.1, -0.05) is 0 Å². The Bertz CT molecular complexity index is 337. The van der Waals surface area contributed by atoms with Crippen molar-refractivity contribution in [1.29, 1.82) is 0 Å². The molecule has 0 bridgehead atoms. The molecule has 1 aliphatic rings. The Kier molecular flexibility index (Phi) is 2.88. The topological polar surface area (TPSA) is 64.0 Å². The van der Waals surface area contributed by atoms with Gasteiger partial charge in [-0.2, -0.15) is 0 Å². The van der Waals surface area contributed by atoms with Crippen molar-refractivity contribution in [3.63, 3.8) is 0 Å². The van der Waals surface area contributed by atoms with Gasteiger partial charge in [0.15, 0.2) is 5.82 Å². The lowest BCUT2D eigenvalue weighted by Crippen LogP contribution is -2.18. The third kappa shape index (κ3) is 1.82. The first-order valence-electron chi connectivity index (χ1n) is 5.09. The highest BCUT2D eigenvalue weighted by Crippen LogP contribution is 2.23. The molecular formula is C9H17N5O. The highest BCUT2D eigenvalue weighted by molar-refractivity contribution is 5.25. The summed E-state index contributed by atoms with van der Waals surface area (Å²) in [5.74, 6) is 1.74. The molecule has 6 heteroatoms. The fourth-order valence-electron chi connectivity index (χ4n) is 1.94. The van der Waals surface area contributed by atoms with Crippen LogP contribution in [0.4, 0.5) is 5.95 Å². The molecule has 1 aromatic heterocycles. The second kappa shape index (κ2) is 4.16. The van der Waals surface area contributed by atoms with Crippen molar-refractivity contribution < 1.29 is 4.74 Å². The maximum Gasteiger partial charge on any atom is 0.224 e. The van der Waals surface area contributed by atoms with Crippen molar-refractivity contribution in [3.8, 4) is 0 Å². The van der Waals surface area contributed by atoms with E-state index in [1.54, 1.807) is 7.11 Å². The van der Waals surface area contributed by atoms with E-state index in [-0.39, 0.29) is 12.1 Å². The molecule has 2 unspecified atom stereocenters. The molecule has 1 aliphatic heterocycles. The van der Waals surface area contributed by atoms with E-state index in [0.29, 0.717) is 0 Å². The lowest BCUT2D eigenvalue weighted by atomic mass is 10.2. The van der Waals surface area contributed by atoms with E-state index in [0.717, 1.165) is 24.7 Å². The zero-order valence-electron chi connectivity index (χ0n) is 9.32. The maximum atomic E-state index is 5.30. The van der Waals surface area contributed by atoms with E-state index in [4.69, 9.17) is 4.74 Å². The van der Waals surface area contributed by atoms with Gasteiger partial charge in [0.1, 0.15) is 0 Å². The summed E-state index contributed by atoms with van der Waals surface area (Å²) in [6, 6.07) is 0.245. The van der Waals surface area contributed by atoms with Crippen LogP contribution in [0.1, 0.15) is 18.3 Å². The van der Waals surface area contributed by atoms with Gasteiger partial charge in [-0.25, -0.2) is 0 Å². The normalized spacial score (nSPS) is 25.8. The first-order valence-corrected chi connectivity index (χ1v) is 5.09. The third-order valence-electron chi connectivity index (χ3n) is 2.87. The number of hydrogen-bond acceptors (Lipinski definition) is 5. The van der Waals surface area contributed by atoms with E-state index in [1.165, 1.54) is 0 Å². The molecular weight excluding hydrogens is 194 g/mol. The fourth-order valence-corrected chi connectivity index (χ4v) is 1.94. The van der Waals surface area contributed by atoms with E-state index < -0.39 is 0 Å². The highest BCUT2D eigenvalue weighted by Gasteiger charge is 2.28. The number of ether oxygens (including phenoxy) is 1. The number of methoxy groups -OCH3 is 1. The number of aromatic nitrogens is 3. The van der Waals surface area contributed by atoms with Crippen molar-refractivity contribution in [1.82, 2.24) is 20.1 Å². The molecule has 0 radical (unpaired) electrons. The van der Waals surface area contributed by atoms with Crippen molar-refractivity contribution in [2.75, 3.05) is 26.0 Å². The number of rotatable bonds is 3. The first-order chi connectivity index (χ1) is 7.26. The summed E-state index contributed by atoms with van der Waals surface area (Å²) in [4.78, 5) is 0. The second-order valence-electron chi connectivity index (χ2n) is 3.75. The van der Waals surface area contributed by atoms with Gasteiger partial charge in [0.05, 0.1) is 12.1 Å². The Morgan fingerprint density at radius 2 is 2.33 bits per heavy atom. The average molecular weight is 211 g/mol. The fraction of sp³-hybridized carbons (Fsp3) is 0.778. The Morgan fingerprint density at radius 1 is 1.53 bits per heavy atom. The Balaban J connectivity index is 2.13. The van der Waals surface area contributed by atoms with Gasteiger partial charge in [-0.05, 0) is 6.42 Å². The minimum Gasteiger partial charge on any atom is -0.380 e. The molecule has 2 N–H and O–H groups in total. The standard InChI is InChI=1S/C9H17N5O/c1-10-9-13-12-8(14(9)2)7-4-6(15-3)5-11-7/h6-7,11H,4-5H2,1-3H3,(H,10,13). The van der Waals surface area contributed by atoms with E-state index in [9.17, 15) is 0 Å². The highest BCUT2D eigenvalue weighted by atomic mass is 16.5. The molecule has 0 saturated carbocycles. The average Bonchev–Trinajstić information content (AvgIpc) is 2.83. The molecule has 1 saturated heterocycles. The van der Waals surface area contributed by atoms with Gasteiger partial charge in [0.2, 0.25) is 5.95 Å². The summed E-state index contributed by atoms with van der Waals surface area (Å²) in [6.07, 6.45) is 1.23. The number of nitrogens with zero attached hydrogens (tertiary/aromatic N) is 3. The molecule has 2 heterocycles. The Labute approximate surface area is 89.0 Å². The van der Waals surface area contributed by atoms with Gasteiger partial charge >= 0.3 is 0 Å². The zero-order chi connectivity index (χ0) is 10.8. The van der Waals surface area contributed by atoms with Crippen LogP contribution < -0.4 is 10.6 Å². The van der Waals surface area contributed by atoms with Gasteiger partial charge in [-0.15, -0.1) is 10.2 Å². The molecule has 6 nitrogen and oxygen atoms in total. The van der Waals surface area contributed by atoms with Crippen LogP contribution in [0, 0.1) is 0 Å². The predicted octanol–water partition coefficient (Wildman–Crippen LogP) is -0.0938. The van der Waals surface area contributed by atoms with Crippen LogP contribution in [-0.2, 0) is 11.8 Å². The molecule has 2 atom stereocenters. The second-order valence-corrected chi connectivity index (χ2v) is 3.75. The van der Waals surface area contributed by atoms with Gasteiger partial charge in [0, 0.05) is 27.7 Å². The zero-order valence-corrected chi connectivity index (χ0v) is 9.32. The molecule has 15 heavy (non-hydrogen) atoms. The SMILES string of the molecule is CNc1nnc(C2CC(OC)CN2)n1C. The van der Waals surface area contributed by atoms with Crippen LogP contribution in [0.5, 0.6) is 0 Å². The quantitative estimate of drug-likeness (QED) is 0.731. The summed E-state index contributed by atoms with van der Waals surface area (Å²) in [5.41, 5.74) is 0. The van der Waals surface area contributed by atoms with E-state index in [1.807, 2.05) is 18.7 Å². The van der Waals surface area contributed by atoms with E-state index in [2.05, 4.69) is 20.8 Å². The molecule has 84 valence electrons. The van der Waals surface area contributed by atoms with Crippen LogP contribution in [0.3, 0.4) is 0 Å². The van der Waals surface area contributed by atoms with E-state index >= 15 is 0 Å². The predicted molar refractivity (Wildman–Crippen MR) is 56.7 cm³/mol. The maximum absolute atomic E-state index is 5.30. The molecule has 2 rings (SSSR count). The molecule has 0 aliphatic carbocycles. The summed E-state index contributed by atoms with van der Waals surface area (Å²) >= 11 is 0. The summed E-state index contributed by atoms with van der Waals surface area (Å²) in [6.45, 7) is 0.878. The van der Waals surface area contributed by atoms with Gasteiger partial charge < -0.3 is 15.4 Å². The minimum atomic E-state index is 0.245. The molecule has 0 amide bonds. The van der Waals surface area contributed by atoms with Crippen LogP contribution in [-0.4, -0.2) is 41.6 Å². The Hall–Kier alpha value is -1.14. The monoisotopic (exact) mass is 211 g/mol. The lowest BCUT2D eigenvalue weighted by molar-refractivity contribution is 0.117. The third-order valence-corrected chi connectivity index (χ3v) is 2.87. The first kappa shape index (κ1) is 10.4. The molecule has 1 fully saturated rings. The van der Waals surface area contributed by atoms with Gasteiger partial charge in [-0.3, -0.25) is 4.57 Å². The van der Waals surface area contributed by atoms with Crippen LogP contribution >= 0.6 is 0 Å². The summed E-state index contributed by atoms with van der Waals surface area (Å²) in [5, 5.41) is 14.6. The van der Waals surface area contributed by atoms with Gasteiger partial charge in [0.25, 0.3) is 0 Å². The number of nitrogens with one attached hydrogen (secondary N) is 2. The Morgan fingerprint density at radius 3 is 2.87 bits per heavy atom. The number of hydrogen-bond donors (Lipinski definition) is 2. The van der Waals surface area contributed by atoms with Crippen molar-refractivity contribution in [3.05, 3.63) is 5.82 Å². The van der Waals surface area contributed by atoms with Crippen LogP contribution in [0.15, 0.2) is 0 Å². The van der Waals surface area contributed by atoms with Crippen LogP contribution in [0.2, 0.25) is 0 Å². The molecule has 0 spiro atoms. The largest absolute Gasteiger partial charge is 0.380 e. The smallest absolute Gasteiger partial charge is 0.224 e. The van der Waals surface area contributed by atoms with Crippen molar-refractivity contribution >= 4 is 5.95 Å². The molecule has 0 aromatic carbocycles. The molecule has 1 aromatic rings. The van der Waals surface area contributed by atoms with Crippen molar-refractivity contribution in [2.45, 2.75) is 18.6 Å². The van der Waals surface area contributed by atoms with Crippen molar-refractivity contribution in [2.24, 2.45) is 7.05 Å². The summed E-state index contributed by atoms with van der Waals surface area (Å²) in [7, 11) is 5.54. The number of anilines is 1.